The summed E-state index contributed by atoms with van der Waals surface area (Å²) in [6.07, 6.45) is 1.30. The van der Waals surface area contributed by atoms with Gasteiger partial charge in [0.2, 0.25) is 17.7 Å². The van der Waals surface area contributed by atoms with Crippen LogP contribution in [0.1, 0.15) is 12.6 Å². The van der Waals surface area contributed by atoms with Crippen LogP contribution in [0.4, 0.5) is 0 Å². The van der Waals surface area contributed by atoms with E-state index in [0.717, 1.165) is 0 Å². The summed E-state index contributed by atoms with van der Waals surface area (Å²) in [6, 6.07) is -5.34. The van der Waals surface area contributed by atoms with Crippen molar-refractivity contribution in [3.8, 4) is 0 Å². The van der Waals surface area contributed by atoms with Gasteiger partial charge in [-0.3, -0.25) is 14.4 Å². The van der Waals surface area contributed by atoms with E-state index < -0.39 is 60.6 Å². The monoisotopic (exact) mass is 446 g/mol. The minimum atomic E-state index is -1.58. The molecule has 0 aliphatic heterocycles. The van der Waals surface area contributed by atoms with Crippen LogP contribution in [0.3, 0.4) is 0 Å². The highest BCUT2D eigenvalue weighted by atomic mass is 32.1. The van der Waals surface area contributed by atoms with Crippen molar-refractivity contribution >= 4 is 36.3 Å². The van der Waals surface area contributed by atoms with E-state index in [9.17, 15) is 24.3 Å². The van der Waals surface area contributed by atoms with Gasteiger partial charge in [-0.25, -0.2) is 9.78 Å². The molecule has 0 spiro atoms. The summed E-state index contributed by atoms with van der Waals surface area (Å²) >= 11 is 3.89. The van der Waals surface area contributed by atoms with Gasteiger partial charge in [-0.05, 0) is 6.92 Å². The molecule has 1 aromatic heterocycles. The van der Waals surface area contributed by atoms with Crippen LogP contribution >= 0.6 is 12.6 Å². The van der Waals surface area contributed by atoms with Gasteiger partial charge in [0.1, 0.15) is 18.1 Å². The minimum Gasteiger partial charge on any atom is -0.480 e. The number of carbonyl (C=O) groups excluding carboxylic acids is 3. The Labute approximate surface area is 177 Å². The zero-order valence-corrected chi connectivity index (χ0v) is 17.0. The van der Waals surface area contributed by atoms with E-state index in [1.54, 1.807) is 0 Å². The SMILES string of the molecule is CC(O)C(NC(=O)C(N)CS)C(=O)NC(Cc1cnc[nH]1)C(=O)NC(CO)C(=O)O. The maximum atomic E-state index is 12.6. The molecule has 13 nitrogen and oxygen atoms in total. The van der Waals surface area contributed by atoms with Crippen LogP contribution in [0.15, 0.2) is 12.5 Å². The maximum absolute atomic E-state index is 12.6. The second-order valence-electron chi connectivity index (χ2n) is 6.44. The number of carboxylic acid groups (broad SMARTS) is 1. The Kier molecular flexibility index (Phi) is 10.2. The molecule has 14 heteroatoms. The summed E-state index contributed by atoms with van der Waals surface area (Å²) in [4.78, 5) is 54.7. The second kappa shape index (κ2) is 12.1. The average molecular weight is 446 g/mol. The number of nitrogens with one attached hydrogen (secondary N) is 4. The van der Waals surface area contributed by atoms with Crippen molar-refractivity contribution < 1.29 is 34.5 Å². The molecule has 1 rings (SSSR count). The molecular formula is C16H26N6O7S. The number of amides is 3. The van der Waals surface area contributed by atoms with Crippen LogP contribution in [0.25, 0.3) is 0 Å². The lowest BCUT2D eigenvalue weighted by atomic mass is 10.1. The number of aromatic nitrogens is 2. The van der Waals surface area contributed by atoms with Gasteiger partial charge in [-0.15, -0.1) is 0 Å². The van der Waals surface area contributed by atoms with E-state index >= 15 is 0 Å². The molecule has 5 unspecified atom stereocenters. The average Bonchev–Trinajstić information content (AvgIpc) is 3.20. The molecule has 1 aromatic rings. The number of carboxylic acids is 1. The topological polar surface area (TPSA) is 220 Å². The van der Waals surface area contributed by atoms with Crippen molar-refractivity contribution in [1.29, 1.82) is 0 Å². The molecule has 3 amide bonds. The number of aromatic amines is 1. The molecule has 0 bridgehead atoms. The lowest BCUT2D eigenvalue weighted by molar-refractivity contribution is -0.143. The number of thiol groups is 1. The standard InChI is InChI=1S/C16H26N6O7S/c1-7(24)12(22-13(25)9(17)5-30)15(27)20-10(2-8-3-18-6-19-8)14(26)21-11(4-23)16(28)29/h3,6-7,9-12,23-24,30H,2,4-5,17H2,1H3,(H,18,19)(H,20,27)(H,21,26)(H,22,25)(H,28,29). The molecule has 30 heavy (non-hydrogen) atoms. The third-order valence-electron chi connectivity index (χ3n) is 4.01. The van der Waals surface area contributed by atoms with Crippen molar-refractivity contribution in [2.24, 2.45) is 5.73 Å². The van der Waals surface area contributed by atoms with Crippen LogP contribution in [-0.4, -0.2) is 91.6 Å². The lowest BCUT2D eigenvalue weighted by Gasteiger charge is -2.26. The minimum absolute atomic E-state index is 0.00255. The highest BCUT2D eigenvalue weighted by Gasteiger charge is 2.32. The first-order chi connectivity index (χ1) is 14.1. The molecule has 0 aromatic carbocycles. The van der Waals surface area contributed by atoms with Crippen LogP contribution in [0.5, 0.6) is 0 Å². The number of hydrogen-bond acceptors (Lipinski definition) is 9. The van der Waals surface area contributed by atoms with Gasteiger partial charge in [0.05, 0.1) is 25.1 Å². The molecule has 5 atom stereocenters. The molecule has 0 fully saturated rings. The fraction of sp³-hybridized carbons (Fsp3) is 0.562. The molecule has 0 saturated heterocycles. The first kappa shape index (κ1) is 25.4. The molecule has 0 aliphatic rings. The Morgan fingerprint density at radius 3 is 2.27 bits per heavy atom. The van der Waals surface area contributed by atoms with Gasteiger partial charge < -0.3 is 42.0 Å². The Morgan fingerprint density at radius 1 is 1.17 bits per heavy atom. The molecule has 168 valence electrons. The number of rotatable bonds is 12. The van der Waals surface area contributed by atoms with Gasteiger partial charge in [-0.1, -0.05) is 0 Å². The highest BCUT2D eigenvalue weighted by Crippen LogP contribution is 2.03. The van der Waals surface area contributed by atoms with E-state index in [-0.39, 0.29) is 12.2 Å². The van der Waals surface area contributed by atoms with Crippen LogP contribution in [-0.2, 0) is 25.6 Å². The number of imidazole rings is 1. The Balaban J connectivity index is 2.99. The Hall–Kier alpha value is -2.68. The summed E-state index contributed by atoms with van der Waals surface area (Å²) < 4.78 is 0. The normalized spacial score (nSPS) is 15.9. The predicted octanol–water partition coefficient (Wildman–Crippen LogP) is -3.88. The van der Waals surface area contributed by atoms with E-state index in [1.165, 1.54) is 19.4 Å². The molecular weight excluding hydrogens is 420 g/mol. The number of aliphatic hydroxyl groups excluding tert-OH is 2. The van der Waals surface area contributed by atoms with Gasteiger partial charge in [0, 0.05) is 24.1 Å². The molecule has 0 saturated carbocycles. The smallest absolute Gasteiger partial charge is 0.328 e. The van der Waals surface area contributed by atoms with Crippen molar-refractivity contribution in [2.45, 2.75) is 43.6 Å². The predicted molar refractivity (Wildman–Crippen MR) is 106 cm³/mol. The summed E-state index contributed by atoms with van der Waals surface area (Å²) in [5, 5.41) is 34.7. The highest BCUT2D eigenvalue weighted by molar-refractivity contribution is 7.80. The second-order valence-corrected chi connectivity index (χ2v) is 6.81. The summed E-state index contributed by atoms with van der Waals surface area (Å²) in [7, 11) is 0. The zero-order chi connectivity index (χ0) is 22.8. The van der Waals surface area contributed by atoms with E-state index in [1.807, 2.05) is 0 Å². The van der Waals surface area contributed by atoms with Crippen molar-refractivity contribution in [3.05, 3.63) is 18.2 Å². The van der Waals surface area contributed by atoms with Gasteiger partial charge >= 0.3 is 5.97 Å². The third kappa shape index (κ3) is 7.62. The van der Waals surface area contributed by atoms with Crippen molar-refractivity contribution in [3.63, 3.8) is 0 Å². The van der Waals surface area contributed by atoms with Crippen LogP contribution < -0.4 is 21.7 Å². The Bertz CT molecular complexity index is 730. The number of H-pyrrole nitrogens is 1. The molecule has 0 aliphatic carbocycles. The number of hydrogen-bond donors (Lipinski definition) is 9. The fourth-order valence-electron chi connectivity index (χ4n) is 2.29. The lowest BCUT2D eigenvalue weighted by Crippen LogP contribution is -2.60. The van der Waals surface area contributed by atoms with Crippen LogP contribution in [0, 0.1) is 0 Å². The zero-order valence-electron chi connectivity index (χ0n) is 16.1. The van der Waals surface area contributed by atoms with Gasteiger partial charge in [-0.2, -0.15) is 12.6 Å². The fourth-order valence-corrected chi connectivity index (χ4v) is 2.46. The van der Waals surface area contributed by atoms with Gasteiger partial charge in [0.15, 0.2) is 0 Å². The number of aliphatic carboxylic acids is 1. The van der Waals surface area contributed by atoms with E-state index in [4.69, 9.17) is 15.9 Å². The molecule has 9 N–H and O–H groups in total. The van der Waals surface area contributed by atoms with Crippen LogP contribution in [0.2, 0.25) is 0 Å². The maximum Gasteiger partial charge on any atom is 0.328 e. The Morgan fingerprint density at radius 2 is 1.80 bits per heavy atom. The summed E-state index contributed by atoms with van der Waals surface area (Å²) in [5.41, 5.74) is 5.99. The number of aliphatic hydroxyl groups is 2. The van der Waals surface area contributed by atoms with E-state index in [2.05, 4.69) is 38.5 Å². The number of nitrogens with zero attached hydrogens (tertiary/aromatic N) is 1. The first-order valence-electron chi connectivity index (χ1n) is 8.87. The van der Waals surface area contributed by atoms with Crippen molar-refractivity contribution in [2.75, 3.05) is 12.4 Å². The van der Waals surface area contributed by atoms with Gasteiger partial charge in [0.25, 0.3) is 0 Å². The summed E-state index contributed by atoms with van der Waals surface area (Å²) in [6.45, 7) is 0.396. The quantitative estimate of drug-likeness (QED) is 0.143. The largest absolute Gasteiger partial charge is 0.480 e. The molecule has 0 radical (unpaired) electrons. The van der Waals surface area contributed by atoms with Crippen molar-refractivity contribution in [1.82, 2.24) is 25.9 Å². The number of carbonyl (C=O) groups is 4. The number of nitrogens with two attached hydrogens (primary N) is 1. The first-order valence-corrected chi connectivity index (χ1v) is 9.50. The summed E-state index contributed by atoms with van der Waals surface area (Å²) in [5.74, 6) is -4.00. The molecule has 1 heterocycles. The van der Waals surface area contributed by atoms with E-state index in [0.29, 0.717) is 5.69 Å². The third-order valence-corrected chi connectivity index (χ3v) is 4.40.